The Bertz CT molecular complexity index is 175. The summed E-state index contributed by atoms with van der Waals surface area (Å²) in [6.45, 7) is 8.98. The van der Waals surface area contributed by atoms with Crippen LogP contribution in [-0.4, -0.2) is 37.6 Å². The number of hydrogen-bond acceptors (Lipinski definition) is 2. The Balaban J connectivity index is 1.72. The zero-order valence-corrected chi connectivity index (χ0v) is 10.2. The first-order valence-electron chi connectivity index (χ1n) is 6.77. The fourth-order valence-corrected chi connectivity index (χ4v) is 2.93. The predicted molar refractivity (Wildman–Crippen MR) is 65.0 cm³/mol. The van der Waals surface area contributed by atoms with Crippen LogP contribution in [0.25, 0.3) is 0 Å². The van der Waals surface area contributed by atoms with Crippen LogP contribution < -0.4 is 5.32 Å². The summed E-state index contributed by atoms with van der Waals surface area (Å²) in [5.41, 5.74) is 0. The van der Waals surface area contributed by atoms with Crippen LogP contribution in [-0.2, 0) is 0 Å². The van der Waals surface area contributed by atoms with E-state index in [-0.39, 0.29) is 0 Å². The molecule has 0 spiro atoms. The summed E-state index contributed by atoms with van der Waals surface area (Å²) in [5.74, 6) is 1.93. The van der Waals surface area contributed by atoms with Crippen LogP contribution in [0, 0.1) is 11.8 Å². The van der Waals surface area contributed by atoms with Gasteiger partial charge in [0.25, 0.3) is 0 Å². The summed E-state index contributed by atoms with van der Waals surface area (Å²) in [5, 5.41) is 3.45. The lowest BCUT2D eigenvalue weighted by molar-refractivity contribution is 0.210. The lowest BCUT2D eigenvalue weighted by atomic mass is 9.97. The molecule has 0 bridgehead atoms. The second-order valence-corrected chi connectivity index (χ2v) is 5.53. The molecule has 0 aromatic heterocycles. The Morgan fingerprint density at radius 1 is 1.07 bits per heavy atom. The van der Waals surface area contributed by atoms with Gasteiger partial charge in [0.05, 0.1) is 0 Å². The van der Waals surface area contributed by atoms with Gasteiger partial charge in [-0.25, -0.2) is 0 Å². The van der Waals surface area contributed by atoms with E-state index in [1.54, 1.807) is 0 Å². The average Bonchev–Trinajstić information content (AvgIpc) is 2.46. The second kappa shape index (κ2) is 5.86. The van der Waals surface area contributed by atoms with E-state index >= 15 is 0 Å². The van der Waals surface area contributed by atoms with Gasteiger partial charge in [0.1, 0.15) is 0 Å². The normalized spacial score (nSPS) is 31.4. The van der Waals surface area contributed by atoms with Crippen molar-refractivity contribution in [3.05, 3.63) is 0 Å². The molecule has 2 heteroatoms. The van der Waals surface area contributed by atoms with Gasteiger partial charge in [-0.1, -0.05) is 6.92 Å². The van der Waals surface area contributed by atoms with Gasteiger partial charge >= 0.3 is 0 Å². The van der Waals surface area contributed by atoms with Gasteiger partial charge in [0, 0.05) is 6.54 Å². The highest BCUT2D eigenvalue weighted by molar-refractivity contribution is 4.74. The molecule has 2 saturated heterocycles. The van der Waals surface area contributed by atoms with Gasteiger partial charge in [-0.3, -0.25) is 0 Å². The Kier molecular flexibility index (Phi) is 4.45. The van der Waals surface area contributed by atoms with Crippen molar-refractivity contribution < 1.29 is 0 Å². The molecule has 0 aliphatic carbocycles. The van der Waals surface area contributed by atoms with Gasteiger partial charge in [-0.2, -0.15) is 0 Å². The molecule has 15 heavy (non-hydrogen) atoms. The third-order valence-electron chi connectivity index (χ3n) is 4.08. The van der Waals surface area contributed by atoms with Gasteiger partial charge in [-0.15, -0.1) is 0 Å². The molecule has 2 aliphatic heterocycles. The largest absolute Gasteiger partial charge is 0.317 e. The third-order valence-corrected chi connectivity index (χ3v) is 4.08. The minimum atomic E-state index is 0.961. The van der Waals surface area contributed by atoms with E-state index in [4.69, 9.17) is 0 Å². The number of piperidine rings is 1. The first kappa shape index (κ1) is 11.4. The maximum Gasteiger partial charge on any atom is 0.00106 e. The Labute approximate surface area is 94.4 Å². The highest BCUT2D eigenvalue weighted by atomic mass is 15.1. The molecule has 2 aliphatic rings. The highest BCUT2D eigenvalue weighted by Gasteiger charge is 2.19. The van der Waals surface area contributed by atoms with Crippen LogP contribution in [0.3, 0.4) is 0 Å². The standard InChI is InChI=1S/C13H26N2/c1-12-3-2-9-15(10-6-12)11-13-4-7-14-8-5-13/h12-14H,2-11H2,1H3. The van der Waals surface area contributed by atoms with Crippen LogP contribution in [0.15, 0.2) is 0 Å². The maximum atomic E-state index is 3.45. The molecule has 0 aromatic carbocycles. The summed E-state index contributed by atoms with van der Waals surface area (Å²) >= 11 is 0. The van der Waals surface area contributed by atoms with E-state index in [2.05, 4.69) is 17.1 Å². The van der Waals surface area contributed by atoms with Crippen LogP contribution >= 0.6 is 0 Å². The smallest absolute Gasteiger partial charge is 0.00106 e. The van der Waals surface area contributed by atoms with E-state index in [1.165, 1.54) is 64.8 Å². The Morgan fingerprint density at radius 3 is 2.67 bits per heavy atom. The summed E-state index contributed by atoms with van der Waals surface area (Å²) in [6, 6.07) is 0. The first-order chi connectivity index (χ1) is 7.34. The summed E-state index contributed by atoms with van der Waals surface area (Å²) < 4.78 is 0. The molecule has 0 aromatic rings. The lowest BCUT2D eigenvalue weighted by Crippen LogP contribution is -2.36. The van der Waals surface area contributed by atoms with Crippen LogP contribution in [0.1, 0.15) is 39.0 Å². The van der Waals surface area contributed by atoms with Crippen LogP contribution in [0.5, 0.6) is 0 Å². The summed E-state index contributed by atoms with van der Waals surface area (Å²) in [7, 11) is 0. The zero-order chi connectivity index (χ0) is 10.5. The number of hydrogen-bond donors (Lipinski definition) is 1. The SMILES string of the molecule is CC1CCCN(CC2CCNCC2)CC1. The Morgan fingerprint density at radius 2 is 1.87 bits per heavy atom. The van der Waals surface area contributed by atoms with Crippen molar-refractivity contribution in [3.8, 4) is 0 Å². The minimum absolute atomic E-state index is 0.961. The fraction of sp³-hybridized carbons (Fsp3) is 1.00. The van der Waals surface area contributed by atoms with Crippen molar-refractivity contribution >= 4 is 0 Å². The summed E-state index contributed by atoms with van der Waals surface area (Å²) in [6.07, 6.45) is 7.08. The topological polar surface area (TPSA) is 15.3 Å². The molecular formula is C13H26N2. The molecule has 0 radical (unpaired) electrons. The highest BCUT2D eigenvalue weighted by Crippen LogP contribution is 2.19. The molecule has 1 unspecified atom stereocenters. The van der Waals surface area contributed by atoms with E-state index in [9.17, 15) is 0 Å². The molecule has 2 nitrogen and oxygen atoms in total. The van der Waals surface area contributed by atoms with Gasteiger partial charge in [0.2, 0.25) is 0 Å². The summed E-state index contributed by atoms with van der Waals surface area (Å²) in [4.78, 5) is 2.72. The number of likely N-dealkylation sites (tertiary alicyclic amines) is 1. The van der Waals surface area contributed by atoms with Crippen molar-refractivity contribution in [2.75, 3.05) is 32.7 Å². The monoisotopic (exact) mass is 210 g/mol. The second-order valence-electron chi connectivity index (χ2n) is 5.53. The van der Waals surface area contributed by atoms with E-state index in [0.717, 1.165) is 11.8 Å². The zero-order valence-electron chi connectivity index (χ0n) is 10.2. The first-order valence-corrected chi connectivity index (χ1v) is 6.77. The maximum absolute atomic E-state index is 3.45. The van der Waals surface area contributed by atoms with Crippen LogP contribution in [0.4, 0.5) is 0 Å². The van der Waals surface area contributed by atoms with E-state index < -0.39 is 0 Å². The average molecular weight is 210 g/mol. The molecule has 2 rings (SSSR count). The predicted octanol–water partition coefficient (Wildman–Crippen LogP) is 2.11. The minimum Gasteiger partial charge on any atom is -0.317 e. The molecule has 0 saturated carbocycles. The molecular weight excluding hydrogens is 184 g/mol. The van der Waals surface area contributed by atoms with Gasteiger partial charge < -0.3 is 10.2 Å². The van der Waals surface area contributed by atoms with Gasteiger partial charge in [0.15, 0.2) is 0 Å². The molecule has 1 N–H and O–H groups in total. The van der Waals surface area contributed by atoms with Crippen molar-refractivity contribution in [1.82, 2.24) is 10.2 Å². The quantitative estimate of drug-likeness (QED) is 0.751. The van der Waals surface area contributed by atoms with Crippen molar-refractivity contribution in [1.29, 1.82) is 0 Å². The molecule has 0 amide bonds. The van der Waals surface area contributed by atoms with Crippen molar-refractivity contribution in [2.45, 2.75) is 39.0 Å². The molecule has 88 valence electrons. The van der Waals surface area contributed by atoms with Crippen molar-refractivity contribution in [2.24, 2.45) is 11.8 Å². The van der Waals surface area contributed by atoms with Gasteiger partial charge in [-0.05, 0) is 70.1 Å². The molecule has 2 heterocycles. The van der Waals surface area contributed by atoms with E-state index in [1.807, 2.05) is 0 Å². The lowest BCUT2D eigenvalue weighted by Gasteiger charge is -2.29. The molecule has 2 fully saturated rings. The third kappa shape index (κ3) is 3.76. The van der Waals surface area contributed by atoms with Crippen LogP contribution in [0.2, 0.25) is 0 Å². The molecule has 1 atom stereocenters. The number of nitrogens with zero attached hydrogens (tertiary/aromatic N) is 1. The van der Waals surface area contributed by atoms with E-state index in [0.29, 0.717) is 0 Å². The Hall–Kier alpha value is -0.0800. The number of rotatable bonds is 2. The van der Waals surface area contributed by atoms with Crippen molar-refractivity contribution in [3.63, 3.8) is 0 Å². The number of nitrogens with one attached hydrogen (secondary N) is 1. The fourth-order valence-electron chi connectivity index (χ4n) is 2.93.